The standard InChI is InChI=1S/C18H22N2O/c1-2-6-15(7-3-1)21-20-16-11-10-14-5-4-12-19-18(14)17(16)13-8-9-13/h4-5,10-13,15,20H,1-3,6-9H2. The van der Waals surface area contributed by atoms with E-state index in [-0.39, 0.29) is 0 Å². The fraction of sp³-hybridized carbons (Fsp3) is 0.500. The van der Waals surface area contributed by atoms with Crippen molar-refractivity contribution in [3.8, 4) is 0 Å². The molecule has 0 unspecified atom stereocenters. The van der Waals surface area contributed by atoms with Crippen molar-refractivity contribution in [1.82, 2.24) is 4.98 Å². The Balaban J connectivity index is 1.60. The maximum Gasteiger partial charge on any atom is 0.0854 e. The first kappa shape index (κ1) is 13.1. The Morgan fingerprint density at radius 2 is 1.86 bits per heavy atom. The number of fused-ring (bicyclic) bond motifs is 1. The lowest BCUT2D eigenvalue weighted by Crippen LogP contribution is -2.20. The molecular formula is C18H22N2O. The summed E-state index contributed by atoms with van der Waals surface area (Å²) in [7, 11) is 0. The van der Waals surface area contributed by atoms with Gasteiger partial charge in [0.05, 0.1) is 17.3 Å². The van der Waals surface area contributed by atoms with Gasteiger partial charge in [-0.15, -0.1) is 0 Å². The van der Waals surface area contributed by atoms with Crippen LogP contribution >= 0.6 is 0 Å². The fourth-order valence-corrected chi connectivity index (χ4v) is 3.37. The minimum Gasteiger partial charge on any atom is -0.273 e. The molecule has 0 bridgehead atoms. The Morgan fingerprint density at radius 3 is 2.67 bits per heavy atom. The van der Waals surface area contributed by atoms with Crippen LogP contribution in [0, 0.1) is 0 Å². The van der Waals surface area contributed by atoms with Crippen LogP contribution in [-0.2, 0) is 4.84 Å². The molecule has 2 saturated carbocycles. The Hall–Kier alpha value is -1.61. The molecule has 0 radical (unpaired) electrons. The molecule has 0 saturated heterocycles. The molecule has 3 heteroatoms. The summed E-state index contributed by atoms with van der Waals surface area (Å²) in [4.78, 5) is 10.6. The van der Waals surface area contributed by atoms with Crippen LogP contribution in [0.3, 0.4) is 0 Å². The Morgan fingerprint density at radius 1 is 1.00 bits per heavy atom. The number of anilines is 1. The normalized spacial score (nSPS) is 19.8. The van der Waals surface area contributed by atoms with Gasteiger partial charge in [0.1, 0.15) is 0 Å². The Labute approximate surface area is 125 Å². The number of nitrogens with zero attached hydrogens (tertiary/aromatic N) is 1. The third kappa shape index (κ3) is 2.75. The molecule has 2 fully saturated rings. The second-order valence-corrected chi connectivity index (χ2v) is 6.36. The van der Waals surface area contributed by atoms with Crippen molar-refractivity contribution in [2.45, 2.75) is 57.0 Å². The minimum absolute atomic E-state index is 0.366. The van der Waals surface area contributed by atoms with Crippen molar-refractivity contribution in [3.05, 3.63) is 36.0 Å². The maximum atomic E-state index is 5.96. The van der Waals surface area contributed by atoms with E-state index in [9.17, 15) is 0 Å². The van der Waals surface area contributed by atoms with Crippen LogP contribution in [0.2, 0.25) is 0 Å². The lowest BCUT2D eigenvalue weighted by atomic mass is 9.98. The highest BCUT2D eigenvalue weighted by atomic mass is 16.7. The average molecular weight is 282 g/mol. The molecule has 0 aliphatic heterocycles. The first-order valence-electron chi connectivity index (χ1n) is 8.21. The first-order valence-corrected chi connectivity index (χ1v) is 8.21. The number of pyridine rings is 1. The van der Waals surface area contributed by atoms with Gasteiger partial charge >= 0.3 is 0 Å². The molecular weight excluding hydrogens is 260 g/mol. The van der Waals surface area contributed by atoms with Crippen molar-refractivity contribution in [2.24, 2.45) is 0 Å². The zero-order valence-electron chi connectivity index (χ0n) is 12.3. The summed E-state index contributed by atoms with van der Waals surface area (Å²) in [5, 5.41) is 1.22. The van der Waals surface area contributed by atoms with Crippen LogP contribution in [0.25, 0.3) is 10.9 Å². The average Bonchev–Trinajstić information content (AvgIpc) is 3.38. The van der Waals surface area contributed by atoms with Gasteiger partial charge in [-0.2, -0.15) is 0 Å². The highest BCUT2D eigenvalue weighted by Gasteiger charge is 2.29. The quantitative estimate of drug-likeness (QED) is 0.819. The van der Waals surface area contributed by atoms with E-state index in [0.29, 0.717) is 12.0 Å². The van der Waals surface area contributed by atoms with E-state index in [1.165, 1.54) is 55.9 Å². The summed E-state index contributed by atoms with van der Waals surface area (Å²) >= 11 is 0. The summed E-state index contributed by atoms with van der Waals surface area (Å²) in [6.45, 7) is 0. The van der Waals surface area contributed by atoms with Crippen LogP contribution in [0.1, 0.15) is 56.4 Å². The van der Waals surface area contributed by atoms with Crippen LogP contribution in [0.15, 0.2) is 30.5 Å². The van der Waals surface area contributed by atoms with Gasteiger partial charge in [0.25, 0.3) is 0 Å². The number of hydrogen-bond acceptors (Lipinski definition) is 3. The van der Waals surface area contributed by atoms with E-state index >= 15 is 0 Å². The predicted octanol–water partition coefficient (Wildman–Crippen LogP) is 4.79. The summed E-state index contributed by atoms with van der Waals surface area (Å²) in [6.07, 6.45) is 11.1. The molecule has 1 heterocycles. The smallest absolute Gasteiger partial charge is 0.0854 e. The van der Waals surface area contributed by atoms with Gasteiger partial charge in [0, 0.05) is 17.1 Å². The van der Waals surface area contributed by atoms with Crippen LogP contribution < -0.4 is 5.48 Å². The minimum atomic E-state index is 0.366. The molecule has 2 aliphatic carbocycles. The number of nitrogens with one attached hydrogen (secondary N) is 1. The van der Waals surface area contributed by atoms with E-state index in [0.717, 1.165) is 11.2 Å². The number of benzene rings is 1. The second kappa shape index (κ2) is 5.64. The molecule has 0 spiro atoms. The number of hydrogen-bond donors (Lipinski definition) is 1. The third-order valence-corrected chi connectivity index (χ3v) is 4.69. The highest BCUT2D eigenvalue weighted by Crippen LogP contribution is 2.46. The molecule has 3 nitrogen and oxygen atoms in total. The van der Waals surface area contributed by atoms with Crippen molar-refractivity contribution < 1.29 is 4.84 Å². The van der Waals surface area contributed by atoms with Crippen LogP contribution in [-0.4, -0.2) is 11.1 Å². The molecule has 21 heavy (non-hydrogen) atoms. The summed E-state index contributed by atoms with van der Waals surface area (Å²) in [6, 6.07) is 8.44. The zero-order chi connectivity index (χ0) is 14.1. The summed E-state index contributed by atoms with van der Waals surface area (Å²) in [5.74, 6) is 0.654. The van der Waals surface area contributed by atoms with Gasteiger partial charge in [-0.25, -0.2) is 0 Å². The Bertz CT molecular complexity index is 630. The lowest BCUT2D eigenvalue weighted by Gasteiger charge is -2.23. The molecule has 2 aliphatic rings. The van der Waals surface area contributed by atoms with Crippen LogP contribution in [0.5, 0.6) is 0 Å². The maximum absolute atomic E-state index is 5.96. The Kier molecular flexibility index (Phi) is 3.52. The van der Waals surface area contributed by atoms with Crippen molar-refractivity contribution in [2.75, 3.05) is 5.48 Å². The largest absolute Gasteiger partial charge is 0.273 e. The number of rotatable bonds is 4. The van der Waals surface area contributed by atoms with Gasteiger partial charge in [0.15, 0.2) is 0 Å². The monoisotopic (exact) mass is 282 g/mol. The van der Waals surface area contributed by atoms with E-state index < -0.39 is 0 Å². The summed E-state index contributed by atoms with van der Waals surface area (Å²) < 4.78 is 0. The first-order chi connectivity index (χ1) is 10.4. The summed E-state index contributed by atoms with van der Waals surface area (Å²) in [5.41, 5.74) is 6.86. The molecule has 1 N–H and O–H groups in total. The van der Waals surface area contributed by atoms with Crippen LogP contribution in [0.4, 0.5) is 5.69 Å². The van der Waals surface area contributed by atoms with Gasteiger partial charge in [-0.1, -0.05) is 31.4 Å². The van der Waals surface area contributed by atoms with Gasteiger partial charge < -0.3 is 0 Å². The number of aromatic nitrogens is 1. The van der Waals surface area contributed by atoms with Gasteiger partial charge in [-0.05, 0) is 43.7 Å². The molecule has 110 valence electrons. The molecule has 4 rings (SSSR count). The third-order valence-electron chi connectivity index (χ3n) is 4.69. The van der Waals surface area contributed by atoms with E-state index in [1.54, 1.807) is 0 Å². The zero-order valence-corrected chi connectivity index (χ0v) is 12.3. The van der Waals surface area contributed by atoms with Crippen molar-refractivity contribution >= 4 is 16.6 Å². The molecule has 1 aromatic heterocycles. The topological polar surface area (TPSA) is 34.2 Å². The fourth-order valence-electron chi connectivity index (χ4n) is 3.37. The second-order valence-electron chi connectivity index (χ2n) is 6.36. The van der Waals surface area contributed by atoms with E-state index in [2.05, 4.69) is 28.7 Å². The van der Waals surface area contributed by atoms with Gasteiger partial charge in [0.2, 0.25) is 0 Å². The molecule has 0 amide bonds. The highest BCUT2D eigenvalue weighted by molar-refractivity contribution is 5.87. The predicted molar refractivity (Wildman–Crippen MR) is 85.3 cm³/mol. The van der Waals surface area contributed by atoms with Crippen molar-refractivity contribution in [1.29, 1.82) is 0 Å². The van der Waals surface area contributed by atoms with Gasteiger partial charge in [-0.3, -0.25) is 15.3 Å². The van der Waals surface area contributed by atoms with E-state index in [4.69, 9.17) is 4.84 Å². The lowest BCUT2D eigenvalue weighted by molar-refractivity contribution is 0.0684. The molecule has 1 aromatic carbocycles. The van der Waals surface area contributed by atoms with E-state index in [1.807, 2.05) is 12.3 Å². The molecule has 2 aromatic rings. The molecule has 0 atom stereocenters. The SMILES string of the molecule is c1cnc2c(C3CC3)c(NOC3CCCCC3)ccc2c1. The van der Waals surface area contributed by atoms with Crippen molar-refractivity contribution in [3.63, 3.8) is 0 Å².